The predicted octanol–water partition coefficient (Wildman–Crippen LogP) is 2.69. The van der Waals surface area contributed by atoms with Crippen LogP contribution < -0.4 is 11.1 Å². The summed E-state index contributed by atoms with van der Waals surface area (Å²) in [5.41, 5.74) is 6.86. The molecule has 1 aliphatic carbocycles. The lowest BCUT2D eigenvalue weighted by Gasteiger charge is -2.35. The van der Waals surface area contributed by atoms with E-state index in [9.17, 15) is 4.79 Å². The van der Waals surface area contributed by atoms with Gasteiger partial charge in [0, 0.05) is 11.8 Å². The van der Waals surface area contributed by atoms with Crippen LogP contribution in [-0.2, 0) is 4.79 Å². The van der Waals surface area contributed by atoms with Gasteiger partial charge in [-0.2, -0.15) is 0 Å². The van der Waals surface area contributed by atoms with E-state index in [-0.39, 0.29) is 11.3 Å². The molecule has 4 nitrogen and oxygen atoms in total. The highest BCUT2D eigenvalue weighted by Gasteiger charge is 2.33. The molecule has 5 heteroatoms. The van der Waals surface area contributed by atoms with E-state index < -0.39 is 0 Å². The van der Waals surface area contributed by atoms with Crippen LogP contribution in [0.3, 0.4) is 0 Å². The summed E-state index contributed by atoms with van der Waals surface area (Å²) in [6.45, 7) is 2.53. The molecule has 1 aromatic heterocycles. The molecule has 0 saturated heterocycles. The van der Waals surface area contributed by atoms with Gasteiger partial charge in [-0.15, -0.1) is 11.3 Å². The minimum absolute atomic E-state index is 0.0225. The highest BCUT2D eigenvalue weighted by Crippen LogP contribution is 2.38. The van der Waals surface area contributed by atoms with E-state index in [1.54, 1.807) is 0 Å². The van der Waals surface area contributed by atoms with Crippen LogP contribution in [0.1, 0.15) is 44.2 Å². The number of nitrogens with one attached hydrogen (secondary N) is 1. The van der Waals surface area contributed by atoms with Crippen molar-refractivity contribution in [1.29, 1.82) is 0 Å². The van der Waals surface area contributed by atoms with Crippen LogP contribution in [0.25, 0.3) is 0 Å². The van der Waals surface area contributed by atoms with Crippen molar-refractivity contribution in [3.05, 3.63) is 11.1 Å². The summed E-state index contributed by atoms with van der Waals surface area (Å²) in [6, 6.07) is 0. The zero-order chi connectivity index (χ0) is 13.0. The number of nitrogens with zero attached hydrogens (tertiary/aromatic N) is 1. The molecule has 2 rings (SSSR count). The van der Waals surface area contributed by atoms with Crippen molar-refractivity contribution in [3.8, 4) is 0 Å². The first kappa shape index (κ1) is 13.5. The van der Waals surface area contributed by atoms with E-state index >= 15 is 0 Å². The van der Waals surface area contributed by atoms with Gasteiger partial charge in [0.05, 0.1) is 5.69 Å². The highest BCUT2D eigenvalue weighted by molar-refractivity contribution is 7.13. The molecule has 100 valence electrons. The summed E-state index contributed by atoms with van der Waals surface area (Å²) in [4.78, 5) is 16.3. The second-order valence-electron chi connectivity index (χ2n) is 5.28. The Bertz CT molecular complexity index is 410. The van der Waals surface area contributed by atoms with Gasteiger partial charge in [0.25, 0.3) is 0 Å². The van der Waals surface area contributed by atoms with Crippen molar-refractivity contribution in [1.82, 2.24) is 4.98 Å². The molecule has 0 aliphatic heterocycles. The van der Waals surface area contributed by atoms with Gasteiger partial charge < -0.3 is 11.1 Å². The van der Waals surface area contributed by atoms with Crippen molar-refractivity contribution in [3.63, 3.8) is 0 Å². The van der Waals surface area contributed by atoms with Crippen molar-refractivity contribution >= 4 is 22.4 Å². The van der Waals surface area contributed by atoms with Crippen LogP contribution in [-0.4, -0.2) is 17.4 Å². The molecule has 18 heavy (non-hydrogen) atoms. The number of anilines is 1. The zero-order valence-electron chi connectivity index (χ0n) is 10.9. The van der Waals surface area contributed by atoms with Crippen LogP contribution in [0.2, 0.25) is 0 Å². The topological polar surface area (TPSA) is 68.0 Å². The lowest BCUT2D eigenvalue weighted by Crippen LogP contribution is -2.36. The third-order valence-corrected chi connectivity index (χ3v) is 4.62. The maximum absolute atomic E-state index is 12.1. The number of nitrogens with two attached hydrogens (primary N) is 1. The Kier molecular flexibility index (Phi) is 4.35. The Balaban J connectivity index is 1.93. The van der Waals surface area contributed by atoms with E-state index in [1.807, 2.05) is 12.3 Å². The largest absolute Gasteiger partial charge is 0.330 e. The minimum atomic E-state index is 0.0225. The second kappa shape index (κ2) is 5.80. The van der Waals surface area contributed by atoms with Crippen LogP contribution in [0.5, 0.6) is 0 Å². The SMILES string of the molecule is Cc1csc(NC(=O)CC2(CN)CCCCC2)n1. The molecule has 1 fully saturated rings. The molecule has 0 atom stereocenters. The monoisotopic (exact) mass is 267 g/mol. The lowest BCUT2D eigenvalue weighted by molar-refractivity contribution is -0.118. The van der Waals surface area contributed by atoms with Crippen molar-refractivity contribution in [2.75, 3.05) is 11.9 Å². The Morgan fingerprint density at radius 3 is 2.78 bits per heavy atom. The maximum Gasteiger partial charge on any atom is 0.226 e. The average molecular weight is 267 g/mol. The molecule has 0 radical (unpaired) electrons. The molecular formula is C13H21N3OS. The van der Waals surface area contributed by atoms with Gasteiger partial charge in [0.1, 0.15) is 0 Å². The molecule has 1 amide bonds. The number of thiazole rings is 1. The molecule has 1 aromatic rings. The molecule has 0 aromatic carbocycles. The number of carbonyl (C=O) groups excluding carboxylic acids is 1. The van der Waals surface area contributed by atoms with Gasteiger partial charge in [-0.25, -0.2) is 4.98 Å². The summed E-state index contributed by atoms with van der Waals surface area (Å²) < 4.78 is 0. The minimum Gasteiger partial charge on any atom is -0.330 e. The normalized spacial score (nSPS) is 18.6. The quantitative estimate of drug-likeness (QED) is 0.881. The van der Waals surface area contributed by atoms with Crippen molar-refractivity contribution < 1.29 is 4.79 Å². The van der Waals surface area contributed by atoms with E-state index in [0.29, 0.717) is 18.1 Å². The smallest absolute Gasteiger partial charge is 0.226 e. The second-order valence-corrected chi connectivity index (χ2v) is 6.14. The average Bonchev–Trinajstić information content (AvgIpc) is 2.75. The zero-order valence-corrected chi connectivity index (χ0v) is 11.7. The predicted molar refractivity (Wildman–Crippen MR) is 74.7 cm³/mol. The third-order valence-electron chi connectivity index (χ3n) is 3.75. The van der Waals surface area contributed by atoms with Gasteiger partial charge in [-0.05, 0) is 31.7 Å². The molecule has 3 N–H and O–H groups in total. The molecule has 1 saturated carbocycles. The number of aryl methyl sites for hydroxylation is 1. The summed E-state index contributed by atoms with van der Waals surface area (Å²) in [7, 11) is 0. The fourth-order valence-electron chi connectivity index (χ4n) is 2.67. The lowest BCUT2D eigenvalue weighted by atomic mass is 9.72. The summed E-state index contributed by atoms with van der Waals surface area (Å²) in [5.74, 6) is 0.0525. The Hall–Kier alpha value is -0.940. The first-order chi connectivity index (χ1) is 8.63. The van der Waals surface area contributed by atoms with Crippen molar-refractivity contribution in [2.45, 2.75) is 45.4 Å². The Morgan fingerprint density at radius 2 is 2.22 bits per heavy atom. The standard InChI is InChI=1S/C13H21N3OS/c1-10-8-18-12(15-10)16-11(17)7-13(9-14)5-3-2-4-6-13/h8H,2-7,9,14H2,1H3,(H,15,16,17). The fourth-order valence-corrected chi connectivity index (χ4v) is 3.37. The van der Waals surface area contributed by atoms with Gasteiger partial charge in [0.2, 0.25) is 5.91 Å². The molecule has 0 bridgehead atoms. The number of rotatable bonds is 4. The van der Waals surface area contributed by atoms with E-state index in [2.05, 4.69) is 10.3 Å². The molecular weight excluding hydrogens is 246 g/mol. The first-order valence-corrected chi connectivity index (χ1v) is 7.44. The van der Waals surface area contributed by atoms with Gasteiger partial charge in [-0.1, -0.05) is 19.3 Å². The first-order valence-electron chi connectivity index (χ1n) is 6.56. The maximum atomic E-state index is 12.1. The molecule has 0 unspecified atom stereocenters. The Labute approximate surface area is 112 Å². The van der Waals surface area contributed by atoms with Crippen molar-refractivity contribution in [2.24, 2.45) is 11.1 Å². The summed E-state index contributed by atoms with van der Waals surface area (Å²) in [5, 5.41) is 5.52. The van der Waals surface area contributed by atoms with Gasteiger partial charge in [0.15, 0.2) is 5.13 Å². The molecule has 1 aliphatic rings. The molecule has 0 spiro atoms. The van der Waals surface area contributed by atoms with Crippen LogP contribution >= 0.6 is 11.3 Å². The number of aromatic nitrogens is 1. The summed E-state index contributed by atoms with van der Waals surface area (Å²) in [6.07, 6.45) is 6.35. The number of hydrogen-bond acceptors (Lipinski definition) is 4. The summed E-state index contributed by atoms with van der Waals surface area (Å²) >= 11 is 1.47. The molecule has 1 heterocycles. The van der Waals surface area contributed by atoms with Gasteiger partial charge >= 0.3 is 0 Å². The van der Waals surface area contributed by atoms with Crippen LogP contribution in [0, 0.1) is 12.3 Å². The fraction of sp³-hybridized carbons (Fsp3) is 0.692. The van der Waals surface area contributed by atoms with E-state index in [1.165, 1.54) is 30.6 Å². The highest BCUT2D eigenvalue weighted by atomic mass is 32.1. The van der Waals surface area contributed by atoms with Crippen LogP contribution in [0.4, 0.5) is 5.13 Å². The third kappa shape index (κ3) is 3.29. The number of carbonyl (C=O) groups is 1. The van der Waals surface area contributed by atoms with Crippen LogP contribution in [0.15, 0.2) is 5.38 Å². The van der Waals surface area contributed by atoms with Gasteiger partial charge in [-0.3, -0.25) is 4.79 Å². The number of amides is 1. The van der Waals surface area contributed by atoms with E-state index in [4.69, 9.17) is 5.73 Å². The number of hydrogen-bond donors (Lipinski definition) is 2. The van der Waals surface area contributed by atoms with E-state index in [0.717, 1.165) is 18.5 Å². The Morgan fingerprint density at radius 1 is 1.50 bits per heavy atom.